The van der Waals surface area contributed by atoms with E-state index in [0.717, 1.165) is 17.9 Å². The second-order valence-corrected chi connectivity index (χ2v) is 4.84. The Bertz CT molecular complexity index is 140. The zero-order chi connectivity index (χ0) is 10.4. The Kier molecular flexibility index (Phi) is 5.54. The van der Waals surface area contributed by atoms with Crippen LogP contribution in [0.25, 0.3) is 0 Å². The molecule has 2 atom stereocenters. The van der Waals surface area contributed by atoms with E-state index in [1.54, 1.807) is 0 Å². The maximum absolute atomic E-state index is 3.48. The molecule has 0 aromatic rings. The largest absolute Gasteiger partial charge is 0.317 e. The van der Waals surface area contributed by atoms with Gasteiger partial charge in [-0.3, -0.25) is 0 Å². The summed E-state index contributed by atoms with van der Waals surface area (Å²) in [6.07, 6.45) is 9.93. The summed E-state index contributed by atoms with van der Waals surface area (Å²) in [6.45, 7) is 4.71. The van der Waals surface area contributed by atoms with Gasteiger partial charge >= 0.3 is 0 Å². The molecular weight excluding hydrogens is 170 g/mol. The monoisotopic (exact) mass is 197 g/mol. The molecule has 1 nitrogen and oxygen atoms in total. The number of hydrogen-bond acceptors (Lipinski definition) is 1. The molecule has 0 heterocycles. The smallest absolute Gasteiger partial charge is 0.00668 e. The summed E-state index contributed by atoms with van der Waals surface area (Å²) in [7, 11) is 2.12. The van der Waals surface area contributed by atoms with Gasteiger partial charge in [-0.2, -0.15) is 0 Å². The van der Waals surface area contributed by atoms with Crippen LogP contribution in [0, 0.1) is 11.8 Å². The quantitative estimate of drug-likeness (QED) is 0.679. The van der Waals surface area contributed by atoms with Gasteiger partial charge in [0, 0.05) is 6.04 Å². The third kappa shape index (κ3) is 3.27. The first kappa shape index (κ1) is 12.0. The Hall–Kier alpha value is -0.0400. The molecule has 0 aromatic heterocycles. The van der Waals surface area contributed by atoms with E-state index in [-0.39, 0.29) is 0 Å². The number of nitrogens with one attached hydrogen (secondary N) is 1. The average Bonchev–Trinajstić information content (AvgIpc) is 2.45. The highest BCUT2D eigenvalue weighted by atomic mass is 14.9. The summed E-state index contributed by atoms with van der Waals surface area (Å²) in [5, 5.41) is 3.48. The van der Waals surface area contributed by atoms with Crippen molar-refractivity contribution in [2.24, 2.45) is 11.8 Å². The van der Waals surface area contributed by atoms with Gasteiger partial charge in [-0.1, -0.05) is 46.0 Å². The summed E-state index contributed by atoms with van der Waals surface area (Å²) in [5.41, 5.74) is 0. The predicted molar refractivity (Wildman–Crippen MR) is 63.5 cm³/mol. The number of hydrogen-bond donors (Lipinski definition) is 1. The van der Waals surface area contributed by atoms with Crippen molar-refractivity contribution in [1.82, 2.24) is 5.32 Å². The van der Waals surface area contributed by atoms with Crippen molar-refractivity contribution in [1.29, 1.82) is 0 Å². The Morgan fingerprint density at radius 1 is 1.14 bits per heavy atom. The SMILES string of the molecule is CCC(CC)C1CCCCC(NC)C1. The molecule has 0 spiro atoms. The molecule has 1 aliphatic rings. The molecule has 84 valence electrons. The zero-order valence-electron chi connectivity index (χ0n) is 10.2. The minimum Gasteiger partial charge on any atom is -0.317 e. The molecule has 0 saturated heterocycles. The van der Waals surface area contributed by atoms with Gasteiger partial charge in [-0.15, -0.1) is 0 Å². The van der Waals surface area contributed by atoms with Crippen molar-refractivity contribution in [2.45, 2.75) is 64.8 Å². The highest BCUT2D eigenvalue weighted by Gasteiger charge is 2.23. The van der Waals surface area contributed by atoms with Crippen LogP contribution in [0.1, 0.15) is 58.8 Å². The summed E-state index contributed by atoms with van der Waals surface area (Å²) in [6, 6.07) is 0.795. The highest BCUT2D eigenvalue weighted by molar-refractivity contribution is 4.78. The van der Waals surface area contributed by atoms with Crippen molar-refractivity contribution in [3.8, 4) is 0 Å². The summed E-state index contributed by atoms with van der Waals surface area (Å²) < 4.78 is 0. The van der Waals surface area contributed by atoms with E-state index in [0.29, 0.717) is 0 Å². The second-order valence-electron chi connectivity index (χ2n) is 4.84. The fourth-order valence-corrected chi connectivity index (χ4v) is 3.04. The summed E-state index contributed by atoms with van der Waals surface area (Å²) in [5.74, 6) is 1.97. The standard InChI is InChI=1S/C13H27N/c1-4-11(5-2)12-8-6-7-9-13(10-12)14-3/h11-14H,4-10H2,1-3H3. The normalized spacial score (nSPS) is 29.1. The maximum atomic E-state index is 3.48. The molecule has 1 saturated carbocycles. The third-order valence-corrected chi connectivity index (χ3v) is 4.09. The first-order chi connectivity index (χ1) is 6.81. The first-order valence-electron chi connectivity index (χ1n) is 6.49. The van der Waals surface area contributed by atoms with Crippen molar-refractivity contribution in [3.05, 3.63) is 0 Å². The molecule has 1 rings (SSSR count). The molecule has 1 aliphatic carbocycles. The summed E-state index contributed by atoms with van der Waals surface area (Å²) >= 11 is 0. The van der Waals surface area contributed by atoms with Gasteiger partial charge in [-0.25, -0.2) is 0 Å². The molecule has 1 heteroatoms. The van der Waals surface area contributed by atoms with Gasteiger partial charge in [0.25, 0.3) is 0 Å². The Morgan fingerprint density at radius 3 is 2.36 bits per heavy atom. The third-order valence-electron chi connectivity index (χ3n) is 4.09. The van der Waals surface area contributed by atoms with Crippen molar-refractivity contribution < 1.29 is 0 Å². The van der Waals surface area contributed by atoms with Crippen LogP contribution in [0.3, 0.4) is 0 Å². The van der Waals surface area contributed by atoms with Crippen molar-refractivity contribution >= 4 is 0 Å². The molecule has 0 aliphatic heterocycles. The molecule has 1 fully saturated rings. The molecule has 1 N–H and O–H groups in total. The van der Waals surface area contributed by atoms with E-state index in [4.69, 9.17) is 0 Å². The lowest BCUT2D eigenvalue weighted by Gasteiger charge is -2.26. The Morgan fingerprint density at radius 2 is 1.79 bits per heavy atom. The van der Waals surface area contributed by atoms with E-state index < -0.39 is 0 Å². The van der Waals surface area contributed by atoms with Gasteiger partial charge in [0.15, 0.2) is 0 Å². The lowest BCUT2D eigenvalue weighted by atomic mass is 9.82. The van der Waals surface area contributed by atoms with E-state index in [1.807, 2.05) is 0 Å². The van der Waals surface area contributed by atoms with Gasteiger partial charge in [0.05, 0.1) is 0 Å². The molecule has 2 unspecified atom stereocenters. The van der Waals surface area contributed by atoms with Crippen molar-refractivity contribution in [2.75, 3.05) is 7.05 Å². The fourth-order valence-electron chi connectivity index (χ4n) is 3.04. The predicted octanol–water partition coefficient (Wildman–Crippen LogP) is 3.59. The average molecular weight is 197 g/mol. The molecular formula is C13H27N. The van der Waals surface area contributed by atoms with E-state index in [9.17, 15) is 0 Å². The Labute approximate surface area is 89.7 Å². The van der Waals surface area contributed by atoms with Gasteiger partial charge in [0.1, 0.15) is 0 Å². The van der Waals surface area contributed by atoms with Crippen LogP contribution in [0.2, 0.25) is 0 Å². The van der Waals surface area contributed by atoms with Crippen LogP contribution in [0.15, 0.2) is 0 Å². The van der Waals surface area contributed by atoms with Gasteiger partial charge < -0.3 is 5.32 Å². The summed E-state index contributed by atoms with van der Waals surface area (Å²) in [4.78, 5) is 0. The van der Waals surface area contributed by atoms with Crippen molar-refractivity contribution in [3.63, 3.8) is 0 Å². The van der Waals surface area contributed by atoms with Crippen LogP contribution in [0.5, 0.6) is 0 Å². The molecule has 14 heavy (non-hydrogen) atoms. The first-order valence-corrected chi connectivity index (χ1v) is 6.49. The van der Waals surface area contributed by atoms with Crippen LogP contribution in [0.4, 0.5) is 0 Å². The molecule has 0 bridgehead atoms. The van der Waals surface area contributed by atoms with Gasteiger partial charge in [-0.05, 0) is 31.7 Å². The molecule has 0 aromatic carbocycles. The van der Waals surface area contributed by atoms with Crippen LogP contribution < -0.4 is 5.32 Å². The number of rotatable bonds is 4. The van der Waals surface area contributed by atoms with E-state index >= 15 is 0 Å². The molecule has 0 radical (unpaired) electrons. The maximum Gasteiger partial charge on any atom is 0.00668 e. The molecule has 0 amide bonds. The lowest BCUT2D eigenvalue weighted by molar-refractivity contribution is 0.264. The fraction of sp³-hybridized carbons (Fsp3) is 1.00. The van der Waals surface area contributed by atoms with Gasteiger partial charge in [0.2, 0.25) is 0 Å². The highest BCUT2D eigenvalue weighted by Crippen LogP contribution is 2.32. The minimum atomic E-state index is 0.795. The van der Waals surface area contributed by atoms with E-state index in [2.05, 4.69) is 26.2 Å². The zero-order valence-corrected chi connectivity index (χ0v) is 10.2. The van der Waals surface area contributed by atoms with Crippen LogP contribution in [-0.4, -0.2) is 13.1 Å². The second kappa shape index (κ2) is 6.44. The Balaban J connectivity index is 2.48. The topological polar surface area (TPSA) is 12.0 Å². The van der Waals surface area contributed by atoms with E-state index in [1.165, 1.54) is 44.9 Å². The lowest BCUT2D eigenvalue weighted by Crippen LogP contribution is -2.28. The van der Waals surface area contributed by atoms with Crippen LogP contribution in [-0.2, 0) is 0 Å². The van der Waals surface area contributed by atoms with Crippen LogP contribution >= 0.6 is 0 Å². The minimum absolute atomic E-state index is 0.795.